The third-order valence-electron chi connectivity index (χ3n) is 2.40. The first-order chi connectivity index (χ1) is 6.83. The standard InChI is InChI=1S/C12H14OS/c1-2-14-11-6-4-3-5-10(11)12(13)9-7-8-9/h3-6,9H,2,7-8H2,1H3. The zero-order valence-corrected chi connectivity index (χ0v) is 9.14. The summed E-state index contributed by atoms with van der Waals surface area (Å²) in [5.41, 5.74) is 0.932. The highest BCUT2D eigenvalue weighted by Gasteiger charge is 2.31. The van der Waals surface area contributed by atoms with E-state index in [1.54, 1.807) is 11.8 Å². The van der Waals surface area contributed by atoms with E-state index in [0.717, 1.165) is 29.1 Å². The van der Waals surface area contributed by atoms with Crippen LogP contribution in [0.4, 0.5) is 0 Å². The van der Waals surface area contributed by atoms with Gasteiger partial charge in [0.05, 0.1) is 0 Å². The molecular formula is C12H14OS. The average Bonchev–Trinajstić information content (AvgIpc) is 3.01. The summed E-state index contributed by atoms with van der Waals surface area (Å²) in [6.07, 6.45) is 2.17. The molecule has 0 radical (unpaired) electrons. The summed E-state index contributed by atoms with van der Waals surface area (Å²) in [5, 5.41) is 0. The van der Waals surface area contributed by atoms with Crippen LogP contribution in [0.25, 0.3) is 0 Å². The Balaban J connectivity index is 2.25. The lowest BCUT2D eigenvalue weighted by Crippen LogP contribution is -2.02. The number of hydrogen-bond donors (Lipinski definition) is 0. The van der Waals surface area contributed by atoms with Gasteiger partial charge in [0, 0.05) is 16.4 Å². The Hall–Kier alpha value is -0.760. The highest BCUT2D eigenvalue weighted by atomic mass is 32.2. The van der Waals surface area contributed by atoms with E-state index in [0.29, 0.717) is 11.7 Å². The molecule has 2 heteroatoms. The lowest BCUT2D eigenvalue weighted by molar-refractivity contribution is 0.0965. The topological polar surface area (TPSA) is 17.1 Å². The third kappa shape index (κ3) is 2.01. The molecule has 74 valence electrons. The van der Waals surface area contributed by atoms with Gasteiger partial charge < -0.3 is 0 Å². The Kier molecular flexibility index (Phi) is 2.92. The van der Waals surface area contributed by atoms with Crippen molar-refractivity contribution in [2.24, 2.45) is 5.92 Å². The molecule has 0 aliphatic heterocycles. The van der Waals surface area contributed by atoms with Gasteiger partial charge in [-0.05, 0) is 24.7 Å². The molecule has 0 bridgehead atoms. The van der Waals surface area contributed by atoms with Crippen LogP contribution in [0.15, 0.2) is 29.2 Å². The van der Waals surface area contributed by atoms with Gasteiger partial charge >= 0.3 is 0 Å². The Morgan fingerprint density at radius 2 is 2.14 bits per heavy atom. The van der Waals surface area contributed by atoms with Crippen molar-refractivity contribution in [3.8, 4) is 0 Å². The molecule has 0 saturated heterocycles. The molecule has 2 rings (SSSR count). The minimum Gasteiger partial charge on any atom is -0.294 e. The molecule has 0 atom stereocenters. The van der Waals surface area contributed by atoms with Gasteiger partial charge in [0.2, 0.25) is 0 Å². The number of hydrogen-bond acceptors (Lipinski definition) is 2. The van der Waals surface area contributed by atoms with Crippen molar-refractivity contribution in [1.82, 2.24) is 0 Å². The van der Waals surface area contributed by atoms with E-state index in [4.69, 9.17) is 0 Å². The molecular weight excluding hydrogens is 192 g/mol. The van der Waals surface area contributed by atoms with Gasteiger partial charge in [0.1, 0.15) is 0 Å². The average molecular weight is 206 g/mol. The normalized spacial score (nSPS) is 15.5. The van der Waals surface area contributed by atoms with Crippen LogP contribution in [-0.2, 0) is 0 Å². The van der Waals surface area contributed by atoms with Crippen LogP contribution in [0.1, 0.15) is 30.1 Å². The van der Waals surface area contributed by atoms with Crippen molar-refractivity contribution >= 4 is 17.5 Å². The smallest absolute Gasteiger partial charge is 0.167 e. The molecule has 1 aromatic rings. The summed E-state index contributed by atoms with van der Waals surface area (Å²) >= 11 is 1.75. The third-order valence-corrected chi connectivity index (χ3v) is 3.36. The maximum atomic E-state index is 11.9. The minimum absolute atomic E-state index is 0.327. The monoisotopic (exact) mass is 206 g/mol. The molecule has 0 N–H and O–H groups in total. The highest BCUT2D eigenvalue weighted by molar-refractivity contribution is 7.99. The van der Waals surface area contributed by atoms with Crippen molar-refractivity contribution in [1.29, 1.82) is 0 Å². The van der Waals surface area contributed by atoms with Crippen LogP contribution in [0, 0.1) is 5.92 Å². The second-order valence-electron chi connectivity index (χ2n) is 3.57. The van der Waals surface area contributed by atoms with Crippen molar-refractivity contribution < 1.29 is 4.79 Å². The van der Waals surface area contributed by atoms with Crippen molar-refractivity contribution in [3.63, 3.8) is 0 Å². The van der Waals surface area contributed by atoms with Gasteiger partial charge in [0.25, 0.3) is 0 Å². The van der Waals surface area contributed by atoms with Gasteiger partial charge in [-0.1, -0.05) is 25.1 Å². The van der Waals surface area contributed by atoms with Gasteiger partial charge in [-0.25, -0.2) is 0 Å². The minimum atomic E-state index is 0.327. The summed E-state index contributed by atoms with van der Waals surface area (Å²) in [5.74, 6) is 1.70. The van der Waals surface area contributed by atoms with E-state index in [-0.39, 0.29) is 0 Å². The van der Waals surface area contributed by atoms with Crippen molar-refractivity contribution in [3.05, 3.63) is 29.8 Å². The number of ketones is 1. The zero-order valence-electron chi connectivity index (χ0n) is 8.32. The number of benzene rings is 1. The Morgan fingerprint density at radius 1 is 1.43 bits per heavy atom. The molecule has 1 aliphatic carbocycles. The first-order valence-corrected chi connectivity index (χ1v) is 6.07. The molecule has 1 nitrogen and oxygen atoms in total. The van der Waals surface area contributed by atoms with E-state index in [1.807, 2.05) is 24.3 Å². The summed E-state index contributed by atoms with van der Waals surface area (Å²) in [6, 6.07) is 7.96. The predicted octanol–water partition coefficient (Wildman–Crippen LogP) is 3.39. The second-order valence-corrected chi connectivity index (χ2v) is 4.87. The van der Waals surface area contributed by atoms with E-state index in [2.05, 4.69) is 6.92 Å². The SMILES string of the molecule is CCSc1ccccc1C(=O)C1CC1. The van der Waals surface area contributed by atoms with Gasteiger partial charge in [-0.2, -0.15) is 0 Å². The lowest BCUT2D eigenvalue weighted by Gasteiger charge is -2.05. The summed E-state index contributed by atoms with van der Waals surface area (Å²) in [7, 11) is 0. The zero-order chi connectivity index (χ0) is 9.97. The molecule has 0 amide bonds. The Labute approximate surface area is 88.9 Å². The van der Waals surface area contributed by atoms with Crippen molar-refractivity contribution in [2.45, 2.75) is 24.7 Å². The fourth-order valence-corrected chi connectivity index (χ4v) is 2.33. The molecule has 14 heavy (non-hydrogen) atoms. The Morgan fingerprint density at radius 3 is 2.79 bits per heavy atom. The lowest BCUT2D eigenvalue weighted by atomic mass is 10.1. The van der Waals surface area contributed by atoms with E-state index < -0.39 is 0 Å². The van der Waals surface area contributed by atoms with Gasteiger partial charge in [-0.15, -0.1) is 11.8 Å². The first kappa shape index (κ1) is 9.78. The fraction of sp³-hybridized carbons (Fsp3) is 0.417. The Bertz CT molecular complexity index is 342. The molecule has 0 unspecified atom stereocenters. The molecule has 0 aromatic heterocycles. The molecule has 0 heterocycles. The summed E-state index contributed by atoms with van der Waals surface area (Å²) < 4.78 is 0. The quantitative estimate of drug-likeness (QED) is 0.555. The number of thioether (sulfide) groups is 1. The fourth-order valence-electron chi connectivity index (χ4n) is 1.52. The molecule has 1 aromatic carbocycles. The summed E-state index contributed by atoms with van der Waals surface area (Å²) in [6.45, 7) is 2.11. The van der Waals surface area contributed by atoms with Gasteiger partial charge in [0.15, 0.2) is 5.78 Å². The van der Waals surface area contributed by atoms with Crippen LogP contribution in [0.2, 0.25) is 0 Å². The maximum Gasteiger partial charge on any atom is 0.167 e. The predicted molar refractivity (Wildman–Crippen MR) is 59.9 cm³/mol. The molecule has 1 fully saturated rings. The summed E-state index contributed by atoms with van der Waals surface area (Å²) in [4.78, 5) is 13.0. The maximum absolute atomic E-state index is 11.9. The van der Waals surface area contributed by atoms with Crippen molar-refractivity contribution in [2.75, 3.05) is 5.75 Å². The molecule has 1 saturated carbocycles. The van der Waals surface area contributed by atoms with E-state index in [9.17, 15) is 4.79 Å². The van der Waals surface area contributed by atoms with Crippen LogP contribution >= 0.6 is 11.8 Å². The van der Waals surface area contributed by atoms with Crippen LogP contribution in [0.5, 0.6) is 0 Å². The first-order valence-electron chi connectivity index (χ1n) is 5.09. The van der Waals surface area contributed by atoms with Crippen LogP contribution in [-0.4, -0.2) is 11.5 Å². The number of Topliss-reactive ketones (excluding diaryl/α,β-unsaturated/α-hetero) is 1. The van der Waals surface area contributed by atoms with Crippen LogP contribution in [0.3, 0.4) is 0 Å². The highest BCUT2D eigenvalue weighted by Crippen LogP contribution is 2.35. The number of carbonyl (C=O) groups excluding carboxylic acids is 1. The number of rotatable bonds is 4. The molecule has 1 aliphatic rings. The largest absolute Gasteiger partial charge is 0.294 e. The van der Waals surface area contributed by atoms with Crippen LogP contribution < -0.4 is 0 Å². The molecule has 0 spiro atoms. The number of carbonyl (C=O) groups is 1. The van der Waals surface area contributed by atoms with Gasteiger partial charge in [-0.3, -0.25) is 4.79 Å². The van der Waals surface area contributed by atoms with E-state index in [1.165, 1.54) is 0 Å². The van der Waals surface area contributed by atoms with E-state index >= 15 is 0 Å². The second kappa shape index (κ2) is 4.18.